The van der Waals surface area contributed by atoms with Gasteiger partial charge >= 0.3 is 5.69 Å². The minimum absolute atomic E-state index is 0.0700. The van der Waals surface area contributed by atoms with Crippen LogP contribution in [0.5, 0.6) is 11.6 Å². The normalized spacial score (nSPS) is 10.5. The van der Waals surface area contributed by atoms with E-state index in [1.54, 1.807) is 6.92 Å². The molecule has 2 rings (SSSR count). The van der Waals surface area contributed by atoms with Gasteiger partial charge in [0.05, 0.1) is 4.92 Å². The highest BCUT2D eigenvalue weighted by molar-refractivity contribution is 6.30. The van der Waals surface area contributed by atoms with Gasteiger partial charge < -0.3 is 4.74 Å². The lowest BCUT2D eigenvalue weighted by atomic mass is 10.3. The Balaban J connectivity index is 2.49. The minimum Gasteiger partial charge on any atom is -0.431 e. The van der Waals surface area contributed by atoms with Gasteiger partial charge in [0.2, 0.25) is 11.6 Å². The molecule has 0 amide bonds. The molecule has 1 heterocycles. The van der Waals surface area contributed by atoms with Crippen molar-refractivity contribution in [1.82, 2.24) is 9.97 Å². The van der Waals surface area contributed by atoms with E-state index in [4.69, 9.17) is 16.3 Å². The van der Waals surface area contributed by atoms with E-state index in [9.17, 15) is 14.5 Å². The Kier molecular flexibility index (Phi) is 4.32. The number of aromatic nitrogens is 2. The summed E-state index contributed by atoms with van der Waals surface area (Å²) < 4.78 is 18.7. The molecule has 8 heteroatoms. The number of hydrogen-bond acceptors (Lipinski definition) is 5. The number of nitro benzene ring substituents is 1. The standard InChI is InChI=1S/C13H11ClFN3O3/c1-3-11-16-12(14)7(2)13(17-11)21-10-6-8(15)4-5-9(10)18(19)20/h4-6H,3H2,1-2H3. The highest BCUT2D eigenvalue weighted by Gasteiger charge is 2.19. The zero-order valence-electron chi connectivity index (χ0n) is 11.3. The van der Waals surface area contributed by atoms with Crippen molar-refractivity contribution >= 4 is 17.3 Å². The van der Waals surface area contributed by atoms with Crippen LogP contribution in [-0.2, 0) is 6.42 Å². The largest absolute Gasteiger partial charge is 0.431 e. The molecular formula is C13H11ClFN3O3. The van der Waals surface area contributed by atoms with Crippen LogP contribution in [0.4, 0.5) is 10.1 Å². The summed E-state index contributed by atoms with van der Waals surface area (Å²) in [6, 6.07) is 2.95. The maximum absolute atomic E-state index is 13.3. The Morgan fingerprint density at radius 1 is 1.43 bits per heavy atom. The summed E-state index contributed by atoms with van der Waals surface area (Å²) in [5, 5.41) is 11.1. The first-order valence-electron chi connectivity index (χ1n) is 6.07. The molecule has 0 spiro atoms. The molecule has 0 fully saturated rings. The fourth-order valence-electron chi connectivity index (χ4n) is 1.59. The smallest absolute Gasteiger partial charge is 0.311 e. The van der Waals surface area contributed by atoms with Crippen LogP contribution in [0.15, 0.2) is 18.2 Å². The molecule has 110 valence electrons. The van der Waals surface area contributed by atoms with Crippen LogP contribution in [-0.4, -0.2) is 14.9 Å². The van der Waals surface area contributed by atoms with Gasteiger partial charge in [-0.05, 0) is 13.0 Å². The quantitative estimate of drug-likeness (QED) is 0.487. The number of ether oxygens (including phenoxy) is 1. The summed E-state index contributed by atoms with van der Waals surface area (Å²) in [5.74, 6) is -0.385. The van der Waals surface area contributed by atoms with Gasteiger partial charge in [0.15, 0.2) is 0 Å². The monoisotopic (exact) mass is 311 g/mol. The second-order valence-electron chi connectivity index (χ2n) is 4.19. The van der Waals surface area contributed by atoms with Crippen LogP contribution in [0.1, 0.15) is 18.3 Å². The number of aryl methyl sites for hydroxylation is 1. The molecular weight excluding hydrogens is 301 g/mol. The van der Waals surface area contributed by atoms with Crippen molar-refractivity contribution < 1.29 is 14.1 Å². The second-order valence-corrected chi connectivity index (χ2v) is 4.54. The van der Waals surface area contributed by atoms with Gasteiger partial charge in [-0.25, -0.2) is 9.37 Å². The Labute approximate surface area is 124 Å². The summed E-state index contributed by atoms with van der Waals surface area (Å²) in [6.07, 6.45) is 0.515. The van der Waals surface area contributed by atoms with Gasteiger partial charge in [-0.15, -0.1) is 0 Å². The van der Waals surface area contributed by atoms with Crippen molar-refractivity contribution in [2.45, 2.75) is 20.3 Å². The molecule has 0 atom stereocenters. The van der Waals surface area contributed by atoms with Crippen LogP contribution in [0, 0.1) is 22.9 Å². The number of nitro groups is 1. The van der Waals surface area contributed by atoms with Crippen molar-refractivity contribution in [2.24, 2.45) is 0 Å². The van der Waals surface area contributed by atoms with Crippen LogP contribution >= 0.6 is 11.6 Å². The summed E-state index contributed by atoms with van der Waals surface area (Å²) >= 11 is 5.96. The summed E-state index contributed by atoms with van der Waals surface area (Å²) in [6.45, 7) is 3.44. The molecule has 0 bridgehead atoms. The molecule has 21 heavy (non-hydrogen) atoms. The van der Waals surface area contributed by atoms with Crippen molar-refractivity contribution in [1.29, 1.82) is 0 Å². The highest BCUT2D eigenvalue weighted by atomic mass is 35.5. The van der Waals surface area contributed by atoms with Gasteiger partial charge in [-0.1, -0.05) is 18.5 Å². The first-order valence-corrected chi connectivity index (χ1v) is 6.45. The van der Waals surface area contributed by atoms with E-state index in [1.165, 1.54) is 0 Å². The van der Waals surface area contributed by atoms with E-state index in [0.717, 1.165) is 18.2 Å². The number of rotatable bonds is 4. The van der Waals surface area contributed by atoms with Crippen LogP contribution in [0.25, 0.3) is 0 Å². The van der Waals surface area contributed by atoms with E-state index in [0.29, 0.717) is 17.8 Å². The average Bonchev–Trinajstić information content (AvgIpc) is 2.43. The fraction of sp³-hybridized carbons (Fsp3) is 0.231. The van der Waals surface area contributed by atoms with Crippen LogP contribution < -0.4 is 4.74 Å². The van der Waals surface area contributed by atoms with E-state index >= 15 is 0 Å². The molecule has 1 aromatic heterocycles. The molecule has 6 nitrogen and oxygen atoms in total. The van der Waals surface area contributed by atoms with E-state index < -0.39 is 10.7 Å². The number of nitrogens with zero attached hydrogens (tertiary/aromatic N) is 3. The first kappa shape index (κ1) is 15.1. The molecule has 2 aromatic rings. The van der Waals surface area contributed by atoms with Crippen molar-refractivity contribution in [2.75, 3.05) is 0 Å². The number of benzene rings is 1. The lowest BCUT2D eigenvalue weighted by Gasteiger charge is -2.10. The van der Waals surface area contributed by atoms with Gasteiger partial charge in [0, 0.05) is 24.1 Å². The molecule has 0 radical (unpaired) electrons. The molecule has 0 unspecified atom stereocenters. The fourth-order valence-corrected chi connectivity index (χ4v) is 1.77. The third-order valence-corrected chi connectivity index (χ3v) is 3.10. The summed E-state index contributed by atoms with van der Waals surface area (Å²) in [4.78, 5) is 18.4. The molecule has 0 aliphatic heterocycles. The zero-order valence-corrected chi connectivity index (χ0v) is 12.0. The molecule has 0 saturated heterocycles. The Bertz CT molecular complexity index is 709. The molecule has 1 aromatic carbocycles. The highest BCUT2D eigenvalue weighted by Crippen LogP contribution is 2.33. The van der Waals surface area contributed by atoms with Crippen molar-refractivity contribution in [3.63, 3.8) is 0 Å². The van der Waals surface area contributed by atoms with Gasteiger partial charge in [0.1, 0.15) is 16.8 Å². The lowest BCUT2D eigenvalue weighted by molar-refractivity contribution is -0.385. The third kappa shape index (κ3) is 3.25. The molecule has 0 aliphatic carbocycles. The van der Waals surface area contributed by atoms with E-state index in [2.05, 4.69) is 9.97 Å². The minimum atomic E-state index is -0.659. The maximum Gasteiger partial charge on any atom is 0.311 e. The summed E-state index contributed by atoms with van der Waals surface area (Å²) in [5.41, 5.74) is 0.0657. The Hall–Kier alpha value is -2.28. The molecule has 0 saturated carbocycles. The van der Waals surface area contributed by atoms with Crippen molar-refractivity contribution in [3.05, 3.63) is 50.7 Å². The van der Waals surface area contributed by atoms with Crippen LogP contribution in [0.2, 0.25) is 5.15 Å². The van der Waals surface area contributed by atoms with Crippen LogP contribution in [0.3, 0.4) is 0 Å². The number of hydrogen-bond donors (Lipinski definition) is 0. The topological polar surface area (TPSA) is 78.2 Å². The van der Waals surface area contributed by atoms with E-state index in [1.807, 2.05) is 6.92 Å². The molecule has 0 N–H and O–H groups in total. The maximum atomic E-state index is 13.3. The number of halogens is 2. The molecule has 0 aliphatic rings. The SMILES string of the molecule is CCc1nc(Cl)c(C)c(Oc2cc(F)ccc2[N+](=O)[O-])n1. The summed E-state index contributed by atoms with van der Waals surface area (Å²) in [7, 11) is 0. The zero-order chi connectivity index (χ0) is 15.6. The van der Waals surface area contributed by atoms with Gasteiger partial charge in [-0.3, -0.25) is 10.1 Å². The Morgan fingerprint density at radius 2 is 2.14 bits per heavy atom. The second kappa shape index (κ2) is 6.01. The van der Waals surface area contributed by atoms with Gasteiger partial charge in [-0.2, -0.15) is 4.98 Å². The predicted molar refractivity (Wildman–Crippen MR) is 74.3 cm³/mol. The lowest BCUT2D eigenvalue weighted by Crippen LogP contribution is -2.01. The van der Waals surface area contributed by atoms with Crippen molar-refractivity contribution in [3.8, 4) is 11.6 Å². The van der Waals surface area contributed by atoms with E-state index in [-0.39, 0.29) is 22.5 Å². The predicted octanol–water partition coefficient (Wildman–Crippen LogP) is 3.84. The Morgan fingerprint density at radius 3 is 2.76 bits per heavy atom. The average molecular weight is 312 g/mol. The first-order chi connectivity index (χ1) is 9.92. The van der Waals surface area contributed by atoms with Gasteiger partial charge in [0.25, 0.3) is 0 Å². The third-order valence-electron chi connectivity index (χ3n) is 2.73.